The van der Waals surface area contributed by atoms with Crippen LogP contribution in [0.4, 0.5) is 0 Å². The second-order valence-electron chi connectivity index (χ2n) is 6.05. The molecule has 2 rings (SSSR count). The summed E-state index contributed by atoms with van der Waals surface area (Å²) in [5, 5.41) is 9.73. The summed E-state index contributed by atoms with van der Waals surface area (Å²) in [7, 11) is 0. The summed E-state index contributed by atoms with van der Waals surface area (Å²) in [4.78, 5) is 0. The van der Waals surface area contributed by atoms with Crippen LogP contribution in [-0.4, -0.2) is 11.7 Å². The van der Waals surface area contributed by atoms with Crippen molar-refractivity contribution >= 4 is 0 Å². The van der Waals surface area contributed by atoms with Gasteiger partial charge >= 0.3 is 0 Å². The van der Waals surface area contributed by atoms with Gasteiger partial charge in [0.1, 0.15) is 0 Å². The first-order valence-electron chi connectivity index (χ1n) is 6.03. The lowest BCUT2D eigenvalue weighted by Gasteiger charge is -2.22. The monoisotopic (exact) mass is 218 g/mol. The van der Waals surface area contributed by atoms with Crippen molar-refractivity contribution in [3.63, 3.8) is 0 Å². The summed E-state index contributed by atoms with van der Waals surface area (Å²) in [6, 6.07) is 4.52. The summed E-state index contributed by atoms with van der Waals surface area (Å²) in [6.45, 7) is 11.2. The Labute approximate surface area is 98.5 Å². The number of aliphatic hydroxyl groups is 1. The zero-order chi connectivity index (χ0) is 12.1. The molecule has 0 aromatic heterocycles. The topological polar surface area (TPSA) is 20.2 Å². The van der Waals surface area contributed by atoms with Crippen LogP contribution in [0.3, 0.4) is 0 Å². The van der Waals surface area contributed by atoms with Gasteiger partial charge in [-0.15, -0.1) is 0 Å². The summed E-state index contributed by atoms with van der Waals surface area (Å²) < 4.78 is 0. The molecule has 88 valence electrons. The van der Waals surface area contributed by atoms with Crippen molar-refractivity contribution in [1.29, 1.82) is 0 Å². The third kappa shape index (κ3) is 1.41. The van der Waals surface area contributed by atoms with E-state index in [9.17, 15) is 5.11 Å². The Kier molecular flexibility index (Phi) is 2.43. The van der Waals surface area contributed by atoms with Crippen LogP contribution in [0.5, 0.6) is 0 Å². The van der Waals surface area contributed by atoms with Gasteiger partial charge in [-0.25, -0.2) is 0 Å². The van der Waals surface area contributed by atoms with Gasteiger partial charge in [-0.1, -0.05) is 26.0 Å². The Morgan fingerprint density at radius 1 is 1.06 bits per heavy atom. The number of hydrogen-bond acceptors (Lipinski definition) is 1. The molecule has 1 aliphatic rings. The molecule has 0 aliphatic heterocycles. The normalized spacial score (nSPS) is 26.9. The molecule has 1 aliphatic carbocycles. The number of aliphatic hydroxyl groups excluding tert-OH is 1. The predicted molar refractivity (Wildman–Crippen MR) is 67.8 cm³/mol. The maximum atomic E-state index is 9.73. The van der Waals surface area contributed by atoms with Gasteiger partial charge in [-0.3, -0.25) is 0 Å². The highest BCUT2D eigenvalue weighted by Crippen LogP contribution is 2.64. The summed E-state index contributed by atoms with van der Waals surface area (Å²) >= 11 is 0. The maximum Gasteiger partial charge on any atom is 0.0533 e. The van der Waals surface area contributed by atoms with Gasteiger partial charge in [-0.05, 0) is 54.9 Å². The Morgan fingerprint density at radius 3 is 2.00 bits per heavy atom. The van der Waals surface area contributed by atoms with Gasteiger partial charge in [0, 0.05) is 5.41 Å². The van der Waals surface area contributed by atoms with E-state index in [4.69, 9.17) is 0 Å². The SMILES string of the molecule is Cc1cc(C)c(C2(CO)CC2(C)C)cc1C. The van der Waals surface area contributed by atoms with Crippen molar-refractivity contribution in [2.45, 2.75) is 46.5 Å². The number of aryl methyl sites for hydroxylation is 3. The van der Waals surface area contributed by atoms with Crippen LogP contribution in [0.15, 0.2) is 12.1 Å². The molecule has 0 heterocycles. The Bertz CT molecular complexity index is 431. The highest BCUT2D eigenvalue weighted by atomic mass is 16.3. The molecule has 1 fully saturated rings. The molecule has 0 radical (unpaired) electrons. The standard InChI is InChI=1S/C15H22O/c1-10-6-12(3)13(7-11(10)2)15(9-16)8-14(15,4)5/h6-7,16H,8-9H2,1-5H3. The van der Waals surface area contributed by atoms with Crippen LogP contribution in [0.2, 0.25) is 0 Å². The van der Waals surface area contributed by atoms with E-state index in [0.29, 0.717) is 0 Å². The molecule has 0 amide bonds. The Balaban J connectivity index is 2.53. The third-order valence-corrected chi connectivity index (χ3v) is 4.54. The minimum Gasteiger partial charge on any atom is -0.395 e. The van der Waals surface area contributed by atoms with Gasteiger partial charge < -0.3 is 5.11 Å². The molecule has 1 aromatic carbocycles. The summed E-state index contributed by atoms with van der Waals surface area (Å²) in [6.07, 6.45) is 1.10. The van der Waals surface area contributed by atoms with Gasteiger partial charge in [0.05, 0.1) is 6.61 Å². The Morgan fingerprint density at radius 2 is 1.56 bits per heavy atom. The van der Waals surface area contributed by atoms with E-state index >= 15 is 0 Å². The third-order valence-electron chi connectivity index (χ3n) is 4.54. The number of benzene rings is 1. The van der Waals surface area contributed by atoms with E-state index in [2.05, 4.69) is 46.8 Å². The van der Waals surface area contributed by atoms with Crippen LogP contribution < -0.4 is 0 Å². The molecule has 1 unspecified atom stereocenters. The highest BCUT2D eigenvalue weighted by Gasteiger charge is 2.62. The van der Waals surface area contributed by atoms with Crippen LogP contribution in [-0.2, 0) is 5.41 Å². The quantitative estimate of drug-likeness (QED) is 0.807. The van der Waals surface area contributed by atoms with Crippen molar-refractivity contribution in [3.05, 3.63) is 34.4 Å². The van der Waals surface area contributed by atoms with E-state index < -0.39 is 0 Å². The molecule has 0 bridgehead atoms. The van der Waals surface area contributed by atoms with E-state index in [1.165, 1.54) is 22.3 Å². The van der Waals surface area contributed by atoms with E-state index in [1.54, 1.807) is 0 Å². The average molecular weight is 218 g/mol. The van der Waals surface area contributed by atoms with E-state index in [1.807, 2.05) is 0 Å². The molecule has 0 spiro atoms. The Hall–Kier alpha value is -0.820. The van der Waals surface area contributed by atoms with E-state index in [0.717, 1.165) is 6.42 Å². The first kappa shape index (κ1) is 11.7. The zero-order valence-corrected chi connectivity index (χ0v) is 11.0. The van der Waals surface area contributed by atoms with Gasteiger partial charge in [0.2, 0.25) is 0 Å². The second kappa shape index (κ2) is 3.33. The highest BCUT2D eigenvalue weighted by molar-refractivity contribution is 5.46. The van der Waals surface area contributed by atoms with Crippen molar-refractivity contribution in [2.24, 2.45) is 5.41 Å². The minimum absolute atomic E-state index is 0.00947. The van der Waals surface area contributed by atoms with Crippen molar-refractivity contribution in [1.82, 2.24) is 0 Å². The number of hydrogen-bond donors (Lipinski definition) is 1. The smallest absolute Gasteiger partial charge is 0.0533 e. The fraction of sp³-hybridized carbons (Fsp3) is 0.600. The zero-order valence-electron chi connectivity index (χ0n) is 11.0. The lowest BCUT2D eigenvalue weighted by molar-refractivity contribution is 0.231. The molecule has 1 atom stereocenters. The molecule has 1 heteroatoms. The van der Waals surface area contributed by atoms with Crippen molar-refractivity contribution in [3.8, 4) is 0 Å². The van der Waals surface area contributed by atoms with Crippen LogP contribution in [0, 0.1) is 26.2 Å². The van der Waals surface area contributed by atoms with Crippen molar-refractivity contribution < 1.29 is 5.11 Å². The lowest BCUT2D eigenvalue weighted by Crippen LogP contribution is -2.20. The molecule has 1 N–H and O–H groups in total. The number of rotatable bonds is 2. The largest absolute Gasteiger partial charge is 0.395 e. The van der Waals surface area contributed by atoms with Gasteiger partial charge in [0.25, 0.3) is 0 Å². The molecule has 1 saturated carbocycles. The molecule has 0 saturated heterocycles. The first-order valence-corrected chi connectivity index (χ1v) is 6.03. The van der Waals surface area contributed by atoms with Crippen molar-refractivity contribution in [2.75, 3.05) is 6.61 Å². The van der Waals surface area contributed by atoms with Gasteiger partial charge in [0.15, 0.2) is 0 Å². The lowest BCUT2D eigenvalue weighted by atomic mass is 9.84. The predicted octanol–water partition coefficient (Wildman–Crippen LogP) is 3.27. The molecule has 1 nitrogen and oxygen atoms in total. The van der Waals surface area contributed by atoms with Crippen LogP contribution in [0.25, 0.3) is 0 Å². The first-order chi connectivity index (χ1) is 7.34. The fourth-order valence-electron chi connectivity index (χ4n) is 3.00. The van der Waals surface area contributed by atoms with Gasteiger partial charge in [-0.2, -0.15) is 0 Å². The molecule has 16 heavy (non-hydrogen) atoms. The fourth-order valence-corrected chi connectivity index (χ4v) is 3.00. The van der Waals surface area contributed by atoms with Crippen LogP contribution >= 0.6 is 0 Å². The van der Waals surface area contributed by atoms with E-state index in [-0.39, 0.29) is 17.4 Å². The van der Waals surface area contributed by atoms with Crippen LogP contribution in [0.1, 0.15) is 42.5 Å². The molecular weight excluding hydrogens is 196 g/mol. The molecule has 1 aromatic rings. The average Bonchev–Trinajstić information content (AvgIpc) is 2.76. The second-order valence-corrected chi connectivity index (χ2v) is 6.05. The summed E-state index contributed by atoms with van der Waals surface area (Å²) in [5.41, 5.74) is 5.60. The maximum absolute atomic E-state index is 9.73. The summed E-state index contributed by atoms with van der Waals surface area (Å²) in [5.74, 6) is 0. The minimum atomic E-state index is 0.00947. The molecular formula is C15H22O.